The number of para-hydroxylation sites is 2. The molecule has 0 radical (unpaired) electrons. The molecular formula is C25H24N6O4. The van der Waals surface area contributed by atoms with Gasteiger partial charge in [-0.3, -0.25) is 19.1 Å². The molecule has 2 aliphatic heterocycles. The highest BCUT2D eigenvalue weighted by atomic mass is 16.6. The topological polar surface area (TPSA) is 104 Å². The highest BCUT2D eigenvalue weighted by molar-refractivity contribution is 6.05. The summed E-state index contributed by atoms with van der Waals surface area (Å²) in [4.78, 5) is 37.0. The first-order chi connectivity index (χ1) is 17.2. The van der Waals surface area contributed by atoms with Crippen LogP contribution in [0.4, 0.5) is 11.6 Å². The van der Waals surface area contributed by atoms with E-state index in [-0.39, 0.29) is 18.2 Å². The first-order valence-electron chi connectivity index (χ1n) is 11.6. The second-order valence-electron chi connectivity index (χ2n) is 8.54. The van der Waals surface area contributed by atoms with E-state index in [0.29, 0.717) is 42.9 Å². The third kappa shape index (κ3) is 3.96. The Morgan fingerprint density at radius 3 is 2.80 bits per heavy atom. The Labute approximate surface area is 201 Å². The summed E-state index contributed by atoms with van der Waals surface area (Å²) in [5, 5.41) is 2.90. The number of aryl methyl sites for hydroxylation is 1. The van der Waals surface area contributed by atoms with Crippen LogP contribution in [-0.2, 0) is 16.1 Å². The zero-order valence-corrected chi connectivity index (χ0v) is 19.0. The van der Waals surface area contributed by atoms with Crippen LogP contribution >= 0.6 is 0 Å². The molecule has 4 heterocycles. The van der Waals surface area contributed by atoms with Crippen molar-refractivity contribution in [2.45, 2.75) is 25.4 Å². The summed E-state index contributed by atoms with van der Waals surface area (Å²) in [5.41, 5.74) is 2.23. The molecule has 35 heavy (non-hydrogen) atoms. The van der Waals surface area contributed by atoms with Gasteiger partial charge in [0.1, 0.15) is 19.3 Å². The van der Waals surface area contributed by atoms with E-state index in [1.165, 1.54) is 0 Å². The van der Waals surface area contributed by atoms with Crippen LogP contribution in [0.15, 0.2) is 61.2 Å². The lowest BCUT2D eigenvalue weighted by Gasteiger charge is -2.19. The number of anilines is 2. The van der Waals surface area contributed by atoms with Gasteiger partial charge in [-0.05, 0) is 30.7 Å². The van der Waals surface area contributed by atoms with E-state index < -0.39 is 6.04 Å². The number of hydrogen-bond acceptors (Lipinski definition) is 6. The standard InChI is InChI=1S/C25H24N6O4/c32-23(27-17-6-7-21-22(14-17)35-13-12-34-21)15-20-24(33)30(10-3-9-29-11-8-26-16-29)25-28-18-4-1-2-5-19(18)31(20)25/h1-2,4-8,11,14,16,20H,3,9-10,12-13,15H2,(H,27,32)/t20-/m1/s1. The molecule has 0 aliphatic carbocycles. The van der Waals surface area contributed by atoms with Crippen molar-refractivity contribution in [1.29, 1.82) is 0 Å². The molecular weight excluding hydrogens is 448 g/mol. The lowest BCUT2D eigenvalue weighted by Crippen LogP contribution is -2.32. The summed E-state index contributed by atoms with van der Waals surface area (Å²) >= 11 is 0. The van der Waals surface area contributed by atoms with Gasteiger partial charge in [0.05, 0.1) is 23.8 Å². The van der Waals surface area contributed by atoms with E-state index in [1.54, 1.807) is 35.6 Å². The van der Waals surface area contributed by atoms with Gasteiger partial charge in [0.15, 0.2) is 11.5 Å². The lowest BCUT2D eigenvalue weighted by molar-refractivity contribution is -0.124. The van der Waals surface area contributed by atoms with Gasteiger partial charge in [-0.1, -0.05) is 12.1 Å². The van der Waals surface area contributed by atoms with Crippen LogP contribution < -0.4 is 19.7 Å². The zero-order valence-electron chi connectivity index (χ0n) is 19.0. The minimum absolute atomic E-state index is 0.00134. The molecule has 0 unspecified atom stereocenters. The molecule has 1 atom stereocenters. The number of rotatable bonds is 7. The maximum absolute atomic E-state index is 13.5. The molecule has 2 amide bonds. The number of benzene rings is 2. The van der Waals surface area contributed by atoms with E-state index in [4.69, 9.17) is 14.5 Å². The van der Waals surface area contributed by atoms with Gasteiger partial charge < -0.3 is 19.4 Å². The van der Waals surface area contributed by atoms with Gasteiger partial charge in [-0.15, -0.1) is 0 Å². The number of nitrogens with zero attached hydrogens (tertiary/aromatic N) is 5. The Morgan fingerprint density at radius 2 is 1.94 bits per heavy atom. The number of carbonyl (C=O) groups excluding carboxylic acids is 2. The second kappa shape index (κ2) is 8.79. The molecule has 2 aromatic heterocycles. The average molecular weight is 473 g/mol. The van der Waals surface area contributed by atoms with Crippen LogP contribution in [-0.4, -0.2) is 50.7 Å². The molecule has 0 spiro atoms. The maximum atomic E-state index is 13.5. The minimum atomic E-state index is -0.664. The fourth-order valence-electron chi connectivity index (χ4n) is 4.65. The summed E-state index contributed by atoms with van der Waals surface area (Å²) in [6.07, 6.45) is 6.12. The SMILES string of the molecule is O=C(C[C@@H]1C(=O)N(CCCn2ccnc2)c2nc3ccccc3n21)Nc1ccc2c(c1)OCCO2. The van der Waals surface area contributed by atoms with Crippen molar-refractivity contribution >= 4 is 34.5 Å². The summed E-state index contributed by atoms with van der Waals surface area (Å²) < 4.78 is 15.0. The summed E-state index contributed by atoms with van der Waals surface area (Å²) in [5.74, 6) is 1.45. The Morgan fingerprint density at radius 1 is 1.09 bits per heavy atom. The molecule has 0 saturated heterocycles. The summed E-state index contributed by atoms with van der Waals surface area (Å²) in [6.45, 7) is 2.20. The molecule has 10 nitrogen and oxygen atoms in total. The Balaban J connectivity index is 1.22. The lowest BCUT2D eigenvalue weighted by atomic mass is 10.1. The van der Waals surface area contributed by atoms with Crippen LogP contribution in [0, 0.1) is 0 Å². The summed E-state index contributed by atoms with van der Waals surface area (Å²) in [7, 11) is 0. The van der Waals surface area contributed by atoms with Gasteiger partial charge >= 0.3 is 0 Å². The number of aromatic nitrogens is 4. The molecule has 1 N–H and O–H groups in total. The first kappa shape index (κ1) is 21.2. The largest absolute Gasteiger partial charge is 0.486 e. The van der Waals surface area contributed by atoms with Crippen LogP contribution in [0.5, 0.6) is 11.5 Å². The molecule has 6 rings (SSSR count). The van der Waals surface area contributed by atoms with Gasteiger partial charge in [0, 0.05) is 37.2 Å². The van der Waals surface area contributed by atoms with Crippen molar-refractivity contribution in [2.75, 3.05) is 30.0 Å². The predicted molar refractivity (Wildman–Crippen MR) is 129 cm³/mol. The number of nitrogens with one attached hydrogen (secondary N) is 1. The van der Waals surface area contributed by atoms with E-state index in [9.17, 15) is 9.59 Å². The number of amides is 2. The van der Waals surface area contributed by atoms with Crippen molar-refractivity contribution in [2.24, 2.45) is 0 Å². The molecule has 0 saturated carbocycles. The monoisotopic (exact) mass is 472 g/mol. The van der Waals surface area contributed by atoms with Crippen molar-refractivity contribution in [1.82, 2.24) is 19.1 Å². The zero-order chi connectivity index (χ0) is 23.8. The normalized spacial score (nSPS) is 16.5. The third-order valence-electron chi connectivity index (χ3n) is 6.24. The molecule has 10 heteroatoms. The van der Waals surface area contributed by atoms with Crippen LogP contribution in [0.25, 0.3) is 11.0 Å². The van der Waals surface area contributed by atoms with Crippen molar-refractivity contribution < 1.29 is 19.1 Å². The van der Waals surface area contributed by atoms with Gasteiger partial charge in [-0.2, -0.15) is 0 Å². The maximum Gasteiger partial charge on any atom is 0.253 e. The van der Waals surface area contributed by atoms with Crippen molar-refractivity contribution in [3.05, 3.63) is 61.2 Å². The van der Waals surface area contributed by atoms with Crippen LogP contribution in [0.1, 0.15) is 18.9 Å². The Bertz CT molecular complexity index is 1400. The Hall–Kier alpha value is -4.34. The van der Waals surface area contributed by atoms with E-state index in [1.807, 2.05) is 39.6 Å². The minimum Gasteiger partial charge on any atom is -0.486 e. The molecule has 0 bridgehead atoms. The third-order valence-corrected chi connectivity index (χ3v) is 6.24. The smallest absolute Gasteiger partial charge is 0.253 e. The molecule has 2 aromatic carbocycles. The number of carbonyl (C=O) groups is 2. The molecule has 4 aromatic rings. The summed E-state index contributed by atoms with van der Waals surface area (Å²) in [6, 6.07) is 12.3. The number of fused-ring (bicyclic) bond motifs is 4. The average Bonchev–Trinajstić information content (AvgIpc) is 3.57. The highest BCUT2D eigenvalue weighted by Gasteiger charge is 2.40. The van der Waals surface area contributed by atoms with Crippen LogP contribution in [0.3, 0.4) is 0 Å². The Kier molecular flexibility index (Phi) is 5.32. The number of hydrogen-bond donors (Lipinski definition) is 1. The second-order valence-corrected chi connectivity index (χ2v) is 8.54. The van der Waals surface area contributed by atoms with E-state index in [0.717, 1.165) is 24.0 Å². The predicted octanol–water partition coefficient (Wildman–Crippen LogP) is 3.01. The van der Waals surface area contributed by atoms with Crippen molar-refractivity contribution in [3.8, 4) is 11.5 Å². The van der Waals surface area contributed by atoms with E-state index in [2.05, 4.69) is 10.3 Å². The van der Waals surface area contributed by atoms with Gasteiger partial charge in [0.25, 0.3) is 5.91 Å². The fraction of sp³-hybridized carbons (Fsp3) is 0.280. The molecule has 2 aliphatic rings. The number of imidazole rings is 2. The van der Waals surface area contributed by atoms with Gasteiger partial charge in [-0.25, -0.2) is 9.97 Å². The fourth-order valence-corrected chi connectivity index (χ4v) is 4.65. The first-order valence-corrected chi connectivity index (χ1v) is 11.6. The van der Waals surface area contributed by atoms with Crippen molar-refractivity contribution in [3.63, 3.8) is 0 Å². The van der Waals surface area contributed by atoms with E-state index >= 15 is 0 Å². The highest BCUT2D eigenvalue weighted by Crippen LogP contribution is 2.37. The molecule has 0 fully saturated rings. The number of ether oxygens (including phenoxy) is 2. The van der Waals surface area contributed by atoms with Gasteiger partial charge in [0.2, 0.25) is 11.9 Å². The van der Waals surface area contributed by atoms with Crippen LogP contribution in [0.2, 0.25) is 0 Å². The quantitative estimate of drug-likeness (QED) is 0.444. The molecule has 178 valence electrons.